The molecule has 2 aliphatic rings. The molecule has 0 saturated carbocycles. The number of furan rings is 1. The van der Waals surface area contributed by atoms with Crippen molar-refractivity contribution < 1.29 is 4.42 Å². The Morgan fingerprint density at radius 3 is 2.30 bits per heavy atom. The van der Waals surface area contributed by atoms with E-state index in [-0.39, 0.29) is 11.8 Å². The maximum Gasteiger partial charge on any atom is 0.157 e. The zero-order valence-corrected chi connectivity index (χ0v) is 25.5. The standard InChI is InChI=1S/C42H26N2OS/c1-2-10-25(11-3-1)28-20-21-36-33(23-28)34-24-35(30-14-6-7-15-31(30)40(34)45-36)42-43-38(29-19-18-26-12-4-5-13-27(26)22-29)41-39(44-42)32-16-8-9-17-37(32)46-41/h1-24,30-31H. The van der Waals surface area contributed by atoms with Crippen LogP contribution in [0, 0.1) is 5.92 Å². The summed E-state index contributed by atoms with van der Waals surface area (Å²) in [6, 6.07) is 40.8. The van der Waals surface area contributed by atoms with Gasteiger partial charge in [0.15, 0.2) is 5.82 Å². The van der Waals surface area contributed by atoms with Crippen LogP contribution in [0.1, 0.15) is 23.1 Å². The molecule has 10 rings (SSSR count). The Labute approximate surface area is 269 Å². The van der Waals surface area contributed by atoms with Gasteiger partial charge in [-0.2, -0.15) is 0 Å². The lowest BCUT2D eigenvalue weighted by molar-refractivity contribution is 0.496. The third-order valence-electron chi connectivity index (χ3n) is 9.46. The summed E-state index contributed by atoms with van der Waals surface area (Å²) >= 11 is 1.77. The fourth-order valence-electron chi connectivity index (χ4n) is 7.21. The minimum Gasteiger partial charge on any atom is -0.460 e. The number of hydrogen-bond donors (Lipinski definition) is 0. The minimum atomic E-state index is 0.0650. The number of aromatic nitrogens is 2. The zero-order chi connectivity index (χ0) is 30.2. The highest BCUT2D eigenvalue weighted by Gasteiger charge is 2.36. The zero-order valence-electron chi connectivity index (χ0n) is 24.7. The molecule has 0 N–H and O–H groups in total. The number of nitrogens with zero attached hydrogens (tertiary/aromatic N) is 2. The molecule has 46 heavy (non-hydrogen) atoms. The molecule has 0 saturated heterocycles. The van der Waals surface area contributed by atoms with Crippen LogP contribution in [0.15, 0.2) is 144 Å². The molecule has 3 nitrogen and oxygen atoms in total. The number of rotatable bonds is 3. The third kappa shape index (κ3) is 3.90. The van der Waals surface area contributed by atoms with Crippen LogP contribution < -0.4 is 0 Å². The fraction of sp³-hybridized carbons (Fsp3) is 0.0476. The van der Waals surface area contributed by atoms with Crippen molar-refractivity contribution in [2.45, 2.75) is 5.92 Å². The molecule has 3 heterocycles. The Morgan fingerprint density at radius 2 is 1.39 bits per heavy atom. The Balaban J connectivity index is 1.24. The van der Waals surface area contributed by atoms with Crippen molar-refractivity contribution in [3.63, 3.8) is 0 Å². The predicted molar refractivity (Wildman–Crippen MR) is 192 cm³/mol. The van der Waals surface area contributed by atoms with E-state index in [0.29, 0.717) is 0 Å². The van der Waals surface area contributed by atoms with Crippen molar-refractivity contribution in [3.05, 3.63) is 157 Å². The first-order valence-electron chi connectivity index (χ1n) is 15.7. The summed E-state index contributed by atoms with van der Waals surface area (Å²) in [6.45, 7) is 0. The van der Waals surface area contributed by atoms with Crippen molar-refractivity contribution in [3.8, 4) is 22.4 Å². The van der Waals surface area contributed by atoms with E-state index in [1.165, 1.54) is 32.0 Å². The molecule has 2 unspecified atom stereocenters. The molecule has 0 radical (unpaired) electrons. The Bertz CT molecular complexity index is 2600. The largest absolute Gasteiger partial charge is 0.460 e. The number of hydrogen-bond acceptors (Lipinski definition) is 4. The van der Waals surface area contributed by atoms with Gasteiger partial charge in [-0.15, -0.1) is 11.3 Å². The molecule has 0 amide bonds. The van der Waals surface area contributed by atoms with Crippen LogP contribution in [-0.4, -0.2) is 9.97 Å². The summed E-state index contributed by atoms with van der Waals surface area (Å²) in [5.41, 5.74) is 8.60. The lowest BCUT2D eigenvalue weighted by Gasteiger charge is -2.29. The topological polar surface area (TPSA) is 38.9 Å². The molecule has 2 aliphatic carbocycles. The highest BCUT2D eigenvalue weighted by molar-refractivity contribution is 7.26. The molecular formula is C42H26N2OS. The van der Waals surface area contributed by atoms with Gasteiger partial charge in [-0.1, -0.05) is 115 Å². The lowest BCUT2D eigenvalue weighted by Crippen LogP contribution is -2.18. The van der Waals surface area contributed by atoms with Gasteiger partial charge in [0.1, 0.15) is 11.3 Å². The van der Waals surface area contributed by atoms with Crippen molar-refractivity contribution in [2.24, 2.45) is 5.92 Å². The molecule has 2 atom stereocenters. The molecule has 5 aromatic carbocycles. The molecule has 216 valence electrons. The summed E-state index contributed by atoms with van der Waals surface area (Å²) in [4.78, 5) is 10.8. The Kier molecular flexibility index (Phi) is 5.57. The highest BCUT2D eigenvalue weighted by atomic mass is 32.1. The summed E-state index contributed by atoms with van der Waals surface area (Å²) < 4.78 is 8.96. The third-order valence-corrected chi connectivity index (χ3v) is 10.6. The van der Waals surface area contributed by atoms with Crippen molar-refractivity contribution >= 4 is 65.0 Å². The Hall–Kier alpha value is -5.58. The van der Waals surface area contributed by atoms with E-state index in [0.717, 1.165) is 55.2 Å². The van der Waals surface area contributed by atoms with Gasteiger partial charge in [-0.05, 0) is 52.2 Å². The summed E-state index contributed by atoms with van der Waals surface area (Å²) in [6.07, 6.45) is 11.1. The van der Waals surface area contributed by atoms with Gasteiger partial charge in [0.05, 0.1) is 15.9 Å². The first kappa shape index (κ1) is 25.7. The number of allylic oxidation sites excluding steroid dienone is 5. The smallest absolute Gasteiger partial charge is 0.157 e. The van der Waals surface area contributed by atoms with Crippen LogP contribution in [-0.2, 0) is 0 Å². The van der Waals surface area contributed by atoms with Crippen molar-refractivity contribution in [1.82, 2.24) is 9.97 Å². The van der Waals surface area contributed by atoms with Crippen molar-refractivity contribution in [1.29, 1.82) is 0 Å². The maximum absolute atomic E-state index is 6.62. The van der Waals surface area contributed by atoms with E-state index in [2.05, 4.69) is 146 Å². The van der Waals surface area contributed by atoms with Gasteiger partial charge in [0.25, 0.3) is 0 Å². The average Bonchev–Trinajstić information content (AvgIpc) is 3.69. The molecule has 0 bridgehead atoms. The first-order chi connectivity index (χ1) is 22.8. The molecule has 0 aliphatic heterocycles. The van der Waals surface area contributed by atoms with E-state index in [1.807, 2.05) is 0 Å². The summed E-state index contributed by atoms with van der Waals surface area (Å²) in [5.74, 6) is 1.91. The first-order valence-corrected chi connectivity index (χ1v) is 16.5. The molecule has 4 heteroatoms. The van der Waals surface area contributed by atoms with Crippen LogP contribution >= 0.6 is 11.3 Å². The second kappa shape index (κ2) is 9.96. The molecule has 0 spiro atoms. The van der Waals surface area contributed by atoms with Crippen LogP contribution in [0.5, 0.6) is 0 Å². The highest BCUT2D eigenvalue weighted by Crippen LogP contribution is 2.49. The van der Waals surface area contributed by atoms with Crippen molar-refractivity contribution in [2.75, 3.05) is 0 Å². The van der Waals surface area contributed by atoms with Gasteiger partial charge >= 0.3 is 0 Å². The average molecular weight is 607 g/mol. The maximum atomic E-state index is 6.62. The van der Waals surface area contributed by atoms with Gasteiger partial charge < -0.3 is 4.42 Å². The van der Waals surface area contributed by atoms with Gasteiger partial charge in [0, 0.05) is 44.0 Å². The summed E-state index contributed by atoms with van der Waals surface area (Å²) in [5, 5.41) is 4.71. The monoisotopic (exact) mass is 606 g/mol. The number of thiophene rings is 1. The normalized spacial score (nSPS) is 17.1. The van der Waals surface area contributed by atoms with Crippen LogP contribution in [0.3, 0.4) is 0 Å². The summed E-state index contributed by atoms with van der Waals surface area (Å²) in [7, 11) is 0. The van der Waals surface area contributed by atoms with E-state index in [1.54, 1.807) is 11.3 Å². The van der Waals surface area contributed by atoms with Gasteiger partial charge in [-0.25, -0.2) is 9.97 Å². The fourth-order valence-corrected chi connectivity index (χ4v) is 8.37. The van der Waals surface area contributed by atoms with Crippen LogP contribution in [0.4, 0.5) is 0 Å². The van der Waals surface area contributed by atoms with Gasteiger partial charge in [-0.3, -0.25) is 0 Å². The van der Waals surface area contributed by atoms with E-state index in [9.17, 15) is 0 Å². The van der Waals surface area contributed by atoms with E-state index in [4.69, 9.17) is 14.4 Å². The minimum absolute atomic E-state index is 0.0650. The predicted octanol–water partition coefficient (Wildman–Crippen LogP) is 11.5. The second-order valence-electron chi connectivity index (χ2n) is 12.1. The Morgan fingerprint density at radius 1 is 0.609 bits per heavy atom. The van der Waals surface area contributed by atoms with Crippen LogP contribution in [0.2, 0.25) is 0 Å². The van der Waals surface area contributed by atoms with E-state index >= 15 is 0 Å². The second-order valence-corrected chi connectivity index (χ2v) is 13.2. The number of fused-ring (bicyclic) bond motifs is 9. The lowest BCUT2D eigenvalue weighted by atomic mass is 9.75. The molecule has 8 aromatic rings. The van der Waals surface area contributed by atoms with E-state index < -0.39 is 0 Å². The van der Waals surface area contributed by atoms with Crippen LogP contribution in [0.25, 0.3) is 76.1 Å². The molecular weight excluding hydrogens is 581 g/mol. The molecule has 3 aromatic heterocycles. The quantitative estimate of drug-likeness (QED) is 0.201. The molecule has 0 fully saturated rings. The number of benzene rings is 5. The SMILES string of the molecule is C1=CC2C(c3nc(-c4ccc5ccccc5c4)c4sc5ccccc5c4n3)=Cc3c(oc4ccc(-c5ccccc5)cc34)C2C=C1. The van der Waals surface area contributed by atoms with Gasteiger partial charge in [0.2, 0.25) is 0 Å².